The summed E-state index contributed by atoms with van der Waals surface area (Å²) in [6, 6.07) is 10.2. The molecule has 0 radical (unpaired) electrons. The van der Waals surface area contributed by atoms with E-state index < -0.39 is 0 Å². The molecule has 1 aromatic heterocycles. The molecule has 1 aliphatic carbocycles. The second kappa shape index (κ2) is 6.35. The highest BCUT2D eigenvalue weighted by Gasteiger charge is 2.20. The quantitative estimate of drug-likeness (QED) is 0.876. The van der Waals surface area contributed by atoms with Crippen LogP contribution in [0, 0.1) is 5.82 Å². The van der Waals surface area contributed by atoms with Crippen LogP contribution in [0.25, 0.3) is 0 Å². The molecule has 0 bridgehead atoms. The van der Waals surface area contributed by atoms with Crippen LogP contribution < -0.4 is 5.32 Å². The van der Waals surface area contributed by atoms with Crippen molar-refractivity contribution in [2.75, 3.05) is 0 Å². The normalized spacial score (nSPS) is 14.4. The molecule has 0 saturated heterocycles. The largest absolute Gasteiger partial charge is 0.310 e. The summed E-state index contributed by atoms with van der Waals surface area (Å²) in [6.07, 6.45) is 5.90. The number of aromatic nitrogens is 1. The summed E-state index contributed by atoms with van der Waals surface area (Å²) < 4.78 is 14.2. The second-order valence-electron chi connectivity index (χ2n) is 5.77. The molecule has 3 rings (SSSR count). The van der Waals surface area contributed by atoms with E-state index in [1.165, 1.54) is 18.4 Å². The van der Waals surface area contributed by atoms with E-state index in [2.05, 4.69) is 23.3 Å². The van der Waals surface area contributed by atoms with Crippen LogP contribution in [0.4, 0.5) is 4.39 Å². The molecule has 1 fully saturated rings. The molecule has 1 heterocycles. The fourth-order valence-electron chi connectivity index (χ4n) is 2.36. The zero-order valence-electron chi connectivity index (χ0n) is 12.4. The molecule has 2 aromatic rings. The molecule has 21 heavy (non-hydrogen) atoms. The number of hydrogen-bond acceptors (Lipinski definition) is 2. The first-order valence-corrected chi connectivity index (χ1v) is 7.69. The van der Waals surface area contributed by atoms with Gasteiger partial charge in [-0.15, -0.1) is 0 Å². The maximum atomic E-state index is 14.2. The third-order valence-electron chi connectivity index (χ3n) is 3.96. The lowest BCUT2D eigenvalue weighted by molar-refractivity contribution is 0.606. The lowest BCUT2D eigenvalue weighted by Crippen LogP contribution is -2.15. The second-order valence-corrected chi connectivity index (χ2v) is 5.77. The van der Waals surface area contributed by atoms with Gasteiger partial charge in [-0.1, -0.05) is 25.1 Å². The lowest BCUT2D eigenvalue weighted by Gasteiger charge is -2.07. The first-order valence-electron chi connectivity index (χ1n) is 7.69. The van der Waals surface area contributed by atoms with Crippen molar-refractivity contribution in [2.24, 2.45) is 0 Å². The number of aryl methyl sites for hydroxylation is 1. The van der Waals surface area contributed by atoms with Crippen molar-refractivity contribution in [3.05, 3.63) is 64.7 Å². The van der Waals surface area contributed by atoms with Gasteiger partial charge in [0.2, 0.25) is 0 Å². The zero-order valence-corrected chi connectivity index (χ0v) is 12.4. The Kier molecular flexibility index (Phi) is 4.30. The fraction of sp³-hybridized carbons (Fsp3) is 0.389. The van der Waals surface area contributed by atoms with E-state index in [-0.39, 0.29) is 5.82 Å². The highest BCUT2D eigenvalue weighted by molar-refractivity contribution is 5.28. The third kappa shape index (κ3) is 3.88. The first-order chi connectivity index (χ1) is 10.2. The summed E-state index contributed by atoms with van der Waals surface area (Å²) in [5.41, 5.74) is 3.84. The van der Waals surface area contributed by atoms with E-state index in [1.54, 1.807) is 6.07 Å². The monoisotopic (exact) mass is 284 g/mol. The predicted octanol–water partition coefficient (Wildman–Crippen LogP) is 3.63. The molecule has 1 saturated carbocycles. The van der Waals surface area contributed by atoms with Gasteiger partial charge in [-0.25, -0.2) is 4.39 Å². The Hall–Kier alpha value is -1.74. The molecular formula is C18H21FN2. The maximum absolute atomic E-state index is 14.2. The molecule has 0 atom stereocenters. The Morgan fingerprint density at radius 3 is 2.62 bits per heavy atom. The summed E-state index contributed by atoms with van der Waals surface area (Å²) in [4.78, 5) is 4.40. The van der Waals surface area contributed by atoms with Crippen molar-refractivity contribution in [2.45, 2.75) is 45.2 Å². The van der Waals surface area contributed by atoms with Gasteiger partial charge in [-0.2, -0.15) is 0 Å². The third-order valence-corrected chi connectivity index (χ3v) is 3.96. The Morgan fingerprint density at radius 1 is 1.19 bits per heavy atom. The van der Waals surface area contributed by atoms with Gasteiger partial charge >= 0.3 is 0 Å². The van der Waals surface area contributed by atoms with Crippen molar-refractivity contribution in [1.29, 1.82) is 0 Å². The van der Waals surface area contributed by atoms with Crippen LogP contribution in [0.1, 0.15) is 42.1 Å². The van der Waals surface area contributed by atoms with Crippen LogP contribution in [0.15, 0.2) is 36.5 Å². The fourth-order valence-corrected chi connectivity index (χ4v) is 2.36. The Balaban J connectivity index is 1.66. The van der Waals surface area contributed by atoms with Gasteiger partial charge in [0.1, 0.15) is 5.82 Å². The predicted molar refractivity (Wildman–Crippen MR) is 82.7 cm³/mol. The van der Waals surface area contributed by atoms with Crippen LogP contribution in [-0.4, -0.2) is 11.0 Å². The van der Waals surface area contributed by atoms with Crippen LogP contribution in [0.3, 0.4) is 0 Å². The summed E-state index contributed by atoms with van der Waals surface area (Å²) in [5.74, 6) is -0.133. The molecule has 3 heteroatoms. The van der Waals surface area contributed by atoms with Gasteiger partial charge in [-0.05, 0) is 48.1 Å². The highest BCUT2D eigenvalue weighted by Crippen LogP contribution is 2.20. The van der Waals surface area contributed by atoms with Gasteiger partial charge in [0.15, 0.2) is 0 Å². The molecule has 1 aliphatic rings. The minimum Gasteiger partial charge on any atom is -0.310 e. The highest BCUT2D eigenvalue weighted by atomic mass is 19.1. The summed E-state index contributed by atoms with van der Waals surface area (Å²) in [6.45, 7) is 2.86. The minimum absolute atomic E-state index is 0.133. The van der Waals surface area contributed by atoms with E-state index in [4.69, 9.17) is 0 Å². The molecule has 0 unspecified atom stereocenters. The summed E-state index contributed by atoms with van der Waals surface area (Å²) in [5, 5.41) is 3.40. The standard InChI is InChI=1S/C18H21FN2/c1-2-13-4-6-17(21-11-13)10-15-5-3-14(9-18(15)19)12-20-16-7-8-16/h3-6,9,11,16,20H,2,7-8,10,12H2,1H3. The van der Waals surface area contributed by atoms with Gasteiger partial charge in [0.25, 0.3) is 0 Å². The van der Waals surface area contributed by atoms with Crippen molar-refractivity contribution in [3.8, 4) is 0 Å². The first kappa shape index (κ1) is 14.2. The molecule has 0 aliphatic heterocycles. The number of pyridine rings is 1. The van der Waals surface area contributed by atoms with Crippen LogP contribution in [0.5, 0.6) is 0 Å². The maximum Gasteiger partial charge on any atom is 0.127 e. The minimum atomic E-state index is -0.133. The van der Waals surface area contributed by atoms with Crippen LogP contribution in [-0.2, 0) is 19.4 Å². The molecule has 0 spiro atoms. The van der Waals surface area contributed by atoms with E-state index in [1.807, 2.05) is 24.4 Å². The van der Waals surface area contributed by atoms with Crippen LogP contribution in [0.2, 0.25) is 0 Å². The van der Waals surface area contributed by atoms with E-state index in [9.17, 15) is 4.39 Å². The van der Waals surface area contributed by atoms with Gasteiger partial charge in [0, 0.05) is 30.9 Å². The molecule has 1 N–H and O–H groups in total. The number of nitrogens with one attached hydrogen (secondary N) is 1. The number of nitrogens with zero attached hydrogens (tertiary/aromatic N) is 1. The molecule has 2 nitrogen and oxygen atoms in total. The number of benzene rings is 1. The van der Waals surface area contributed by atoms with Crippen molar-refractivity contribution < 1.29 is 4.39 Å². The van der Waals surface area contributed by atoms with E-state index in [0.717, 1.165) is 24.2 Å². The van der Waals surface area contributed by atoms with Crippen LogP contribution >= 0.6 is 0 Å². The molecule has 110 valence electrons. The smallest absolute Gasteiger partial charge is 0.127 e. The van der Waals surface area contributed by atoms with E-state index >= 15 is 0 Å². The summed E-state index contributed by atoms with van der Waals surface area (Å²) >= 11 is 0. The van der Waals surface area contributed by atoms with Gasteiger partial charge in [-0.3, -0.25) is 4.98 Å². The number of rotatable bonds is 6. The number of hydrogen-bond donors (Lipinski definition) is 1. The van der Waals surface area contributed by atoms with Gasteiger partial charge < -0.3 is 5.32 Å². The van der Waals surface area contributed by atoms with E-state index in [0.29, 0.717) is 18.0 Å². The average Bonchev–Trinajstić information content (AvgIpc) is 3.33. The topological polar surface area (TPSA) is 24.9 Å². The Labute approximate surface area is 125 Å². The molecule has 1 aromatic carbocycles. The van der Waals surface area contributed by atoms with Crippen molar-refractivity contribution in [3.63, 3.8) is 0 Å². The zero-order chi connectivity index (χ0) is 14.7. The SMILES string of the molecule is CCc1ccc(Cc2ccc(CNC3CC3)cc2F)nc1. The molecule has 0 amide bonds. The van der Waals surface area contributed by atoms with Crippen molar-refractivity contribution in [1.82, 2.24) is 10.3 Å². The lowest BCUT2D eigenvalue weighted by atomic mass is 10.1. The average molecular weight is 284 g/mol. The van der Waals surface area contributed by atoms with Crippen molar-refractivity contribution >= 4 is 0 Å². The summed E-state index contributed by atoms with van der Waals surface area (Å²) in [7, 11) is 0. The molecular weight excluding hydrogens is 263 g/mol. The Morgan fingerprint density at radius 2 is 2.00 bits per heavy atom. The number of halogens is 1. The Bertz CT molecular complexity index is 603. The van der Waals surface area contributed by atoms with Gasteiger partial charge in [0.05, 0.1) is 0 Å².